The minimum atomic E-state index is -6.00. The van der Waals surface area contributed by atoms with Gasteiger partial charge in [-0.3, -0.25) is 0 Å². The van der Waals surface area contributed by atoms with Crippen LogP contribution < -0.4 is 0 Å². The van der Waals surface area contributed by atoms with Crippen molar-refractivity contribution in [3.05, 3.63) is 0 Å². The maximum absolute atomic E-state index is 9.75. The van der Waals surface area contributed by atoms with E-state index in [1.165, 1.54) is 56.3 Å². The van der Waals surface area contributed by atoms with Gasteiger partial charge in [-0.1, -0.05) is 27.7 Å². The maximum atomic E-state index is 9.75. The van der Waals surface area contributed by atoms with Gasteiger partial charge in [-0.2, -0.15) is 0 Å². The molecule has 0 aliphatic heterocycles. The standard InChI is InChI=1S/C12H28N.6BF4/c1-5-9-13(10-6-2,11-7-3)12-8-4;6*2-1(3,4)5/h5-12H2,1-4H3;;;;;;/q+1;6*-1. The van der Waals surface area contributed by atoms with Gasteiger partial charge in [0.25, 0.3) is 0 Å². The number of rotatable bonds is 8. The van der Waals surface area contributed by atoms with E-state index in [1.54, 1.807) is 0 Å². The van der Waals surface area contributed by atoms with Gasteiger partial charge in [-0.15, -0.1) is 0 Å². The molecule has 0 bridgehead atoms. The molecule has 31 heteroatoms. The Morgan fingerprint density at radius 2 is 0.326 bits per heavy atom. The highest BCUT2D eigenvalue weighted by molar-refractivity contribution is 6.51. The summed E-state index contributed by atoms with van der Waals surface area (Å²) in [6.07, 6.45) is 5.33. The van der Waals surface area contributed by atoms with Gasteiger partial charge in [0.15, 0.2) is 0 Å². The van der Waals surface area contributed by atoms with E-state index in [4.69, 9.17) is 0 Å². The van der Waals surface area contributed by atoms with Gasteiger partial charge in [0.05, 0.1) is 26.2 Å². The van der Waals surface area contributed by atoms with Crippen molar-refractivity contribution in [3.63, 3.8) is 0 Å². The van der Waals surface area contributed by atoms with Crippen molar-refractivity contribution in [2.24, 2.45) is 0 Å². The molecule has 0 rings (SSSR count). The van der Waals surface area contributed by atoms with Crippen LogP contribution in [0.5, 0.6) is 0 Å². The van der Waals surface area contributed by atoms with Crippen molar-refractivity contribution in [1.82, 2.24) is 0 Å². The second-order valence-electron chi connectivity index (χ2n) is 7.21. The van der Waals surface area contributed by atoms with Gasteiger partial charge < -0.3 is 108 Å². The molecule has 1 nitrogen and oxygen atoms in total. The van der Waals surface area contributed by atoms with E-state index in [0.717, 1.165) is 0 Å². The molecule has 0 unspecified atom stereocenters. The molecule has 0 aliphatic rings. The molecule has 0 amide bonds. The number of hydrogen-bond acceptors (Lipinski definition) is 0. The first-order valence-corrected chi connectivity index (χ1v) is 11.3. The predicted molar refractivity (Wildman–Crippen MR) is 122 cm³/mol. The fourth-order valence-corrected chi connectivity index (χ4v) is 2.57. The second-order valence-corrected chi connectivity index (χ2v) is 7.21. The average molecular weight is 707 g/mol. The van der Waals surface area contributed by atoms with Gasteiger partial charge in [-0.25, -0.2) is 0 Å². The van der Waals surface area contributed by atoms with Crippen molar-refractivity contribution in [2.75, 3.05) is 26.2 Å². The van der Waals surface area contributed by atoms with Crippen LogP contribution in [0.2, 0.25) is 0 Å². The summed E-state index contributed by atoms with van der Waals surface area (Å²) < 4.78 is 235. The summed E-state index contributed by atoms with van der Waals surface area (Å²) in [5.74, 6) is 0. The molecule has 0 atom stereocenters. The van der Waals surface area contributed by atoms with Crippen molar-refractivity contribution in [1.29, 1.82) is 0 Å². The number of halogens is 24. The van der Waals surface area contributed by atoms with E-state index < -0.39 is 43.5 Å². The molecule has 0 N–H and O–H groups in total. The lowest BCUT2D eigenvalue weighted by molar-refractivity contribution is -0.928. The minimum Gasteiger partial charge on any atom is -0.418 e. The third-order valence-electron chi connectivity index (χ3n) is 2.79. The van der Waals surface area contributed by atoms with Crippen molar-refractivity contribution in [3.8, 4) is 0 Å². The van der Waals surface area contributed by atoms with E-state index in [1.807, 2.05) is 0 Å². The highest BCUT2D eigenvalue weighted by Gasteiger charge is 2.24. The van der Waals surface area contributed by atoms with E-state index in [2.05, 4.69) is 27.7 Å². The van der Waals surface area contributed by atoms with Crippen LogP contribution in [0.25, 0.3) is 0 Å². The van der Waals surface area contributed by atoms with Crippen LogP contribution in [0.3, 0.4) is 0 Å². The third kappa shape index (κ3) is 283. The molecule has 0 aromatic carbocycles. The van der Waals surface area contributed by atoms with Crippen LogP contribution in [0, 0.1) is 0 Å². The highest BCUT2D eigenvalue weighted by Crippen LogP contribution is 2.13. The quantitative estimate of drug-likeness (QED) is 0.134. The van der Waals surface area contributed by atoms with Crippen molar-refractivity contribution in [2.45, 2.75) is 53.4 Å². The van der Waals surface area contributed by atoms with E-state index in [0.29, 0.717) is 0 Å². The summed E-state index contributed by atoms with van der Waals surface area (Å²) in [7, 11) is -36.0. The molecule has 0 radical (unpaired) electrons. The van der Waals surface area contributed by atoms with Gasteiger partial charge in [0.1, 0.15) is 0 Å². The average Bonchev–Trinajstić information content (AvgIpc) is 2.53. The molecule has 0 aromatic heterocycles. The summed E-state index contributed by atoms with van der Waals surface area (Å²) in [6.45, 7) is 14.8. The lowest BCUT2D eigenvalue weighted by Gasteiger charge is -2.38. The normalized spacial score (nSPS) is 12.0. The van der Waals surface area contributed by atoms with Crippen LogP contribution >= 0.6 is 0 Å². The molecule has 0 fully saturated rings. The Kier molecular flexibility index (Phi) is 36.0. The number of quaternary nitrogens is 1. The van der Waals surface area contributed by atoms with Gasteiger partial charge in [0.2, 0.25) is 0 Å². The Labute approximate surface area is 232 Å². The van der Waals surface area contributed by atoms with Gasteiger partial charge in [-0.05, 0) is 25.7 Å². The molecule has 272 valence electrons. The molecular formula is C12H28B6F24N-5. The zero-order valence-corrected chi connectivity index (χ0v) is 22.6. The molecule has 0 saturated heterocycles. The lowest BCUT2D eigenvalue weighted by atomic mass is 10.2. The van der Waals surface area contributed by atoms with Crippen LogP contribution in [0.15, 0.2) is 0 Å². The molecule has 0 aliphatic carbocycles. The molecule has 43 heavy (non-hydrogen) atoms. The SMILES string of the molecule is CCC[N+](CCC)(CCC)CCC.F[B-](F)(F)F.F[B-](F)(F)F.F[B-](F)(F)F.F[B-](F)(F)F.F[B-](F)(F)F.F[B-](F)(F)F. The van der Waals surface area contributed by atoms with E-state index in [-0.39, 0.29) is 0 Å². The Morgan fingerprint density at radius 1 is 0.256 bits per heavy atom. The Balaban J connectivity index is -0.0000000743. The Morgan fingerprint density at radius 3 is 0.372 bits per heavy atom. The summed E-state index contributed by atoms with van der Waals surface area (Å²) in [5.41, 5.74) is 0. The summed E-state index contributed by atoms with van der Waals surface area (Å²) in [5, 5.41) is 0. The summed E-state index contributed by atoms with van der Waals surface area (Å²) in [4.78, 5) is 0. The Bertz CT molecular complexity index is 412. The fourth-order valence-electron chi connectivity index (χ4n) is 2.57. The number of nitrogens with zero attached hydrogens (tertiary/aromatic N) is 1. The van der Waals surface area contributed by atoms with Crippen LogP contribution in [0.1, 0.15) is 53.4 Å². The zero-order valence-electron chi connectivity index (χ0n) is 22.6. The van der Waals surface area contributed by atoms with Crippen LogP contribution in [0.4, 0.5) is 104 Å². The molecule has 0 spiro atoms. The van der Waals surface area contributed by atoms with Crippen LogP contribution in [-0.2, 0) is 0 Å². The van der Waals surface area contributed by atoms with Gasteiger partial charge in [0, 0.05) is 0 Å². The summed E-state index contributed by atoms with van der Waals surface area (Å²) >= 11 is 0. The summed E-state index contributed by atoms with van der Waals surface area (Å²) in [6, 6.07) is 0. The first kappa shape index (κ1) is 57.3. The smallest absolute Gasteiger partial charge is 0.418 e. The van der Waals surface area contributed by atoms with Gasteiger partial charge >= 0.3 is 43.5 Å². The molecule has 0 saturated carbocycles. The first-order chi connectivity index (χ1) is 18.2. The topological polar surface area (TPSA) is 0 Å². The molecular weight excluding hydrogens is 679 g/mol. The van der Waals surface area contributed by atoms with Crippen LogP contribution in [-0.4, -0.2) is 74.2 Å². The highest BCUT2D eigenvalue weighted by atomic mass is 19.5. The van der Waals surface area contributed by atoms with Crippen molar-refractivity contribution < 1.29 is 108 Å². The first-order valence-electron chi connectivity index (χ1n) is 11.3. The van der Waals surface area contributed by atoms with E-state index >= 15 is 0 Å². The lowest BCUT2D eigenvalue weighted by Crippen LogP contribution is -2.50. The minimum absolute atomic E-state index is 1.33. The Hall–Kier alpha value is -1.33. The monoisotopic (exact) mass is 708 g/mol. The molecule has 0 aromatic rings. The van der Waals surface area contributed by atoms with E-state index in [9.17, 15) is 104 Å². The largest absolute Gasteiger partial charge is 0.673 e. The zero-order chi connectivity index (χ0) is 37.2. The predicted octanol–water partition coefficient (Wildman–Crippen LogP) is 11.2. The number of hydrogen-bond donors (Lipinski definition) is 0. The van der Waals surface area contributed by atoms with Crippen molar-refractivity contribution >= 4 is 43.5 Å². The fraction of sp³-hybridized carbons (Fsp3) is 1.00. The molecule has 0 heterocycles. The maximum Gasteiger partial charge on any atom is 0.673 e. The second kappa shape index (κ2) is 27.0. The third-order valence-corrected chi connectivity index (χ3v) is 2.79.